The van der Waals surface area contributed by atoms with Gasteiger partial charge in [-0.1, -0.05) is 25.1 Å². The summed E-state index contributed by atoms with van der Waals surface area (Å²) in [6, 6.07) is 10.7. The molecule has 0 saturated heterocycles. The van der Waals surface area contributed by atoms with E-state index < -0.39 is 0 Å². The van der Waals surface area contributed by atoms with Crippen molar-refractivity contribution < 1.29 is 9.59 Å². The molecule has 0 bridgehead atoms. The molecule has 24 heavy (non-hydrogen) atoms. The maximum absolute atomic E-state index is 12.2. The highest BCUT2D eigenvalue weighted by Crippen LogP contribution is 2.16. The van der Waals surface area contributed by atoms with Gasteiger partial charge in [-0.05, 0) is 32.4 Å². The summed E-state index contributed by atoms with van der Waals surface area (Å²) in [6.07, 6.45) is 2.79. The number of amides is 2. The minimum absolute atomic E-state index is 0.152. The molecule has 1 aromatic heterocycles. The molecule has 2 aromatic rings. The third kappa shape index (κ3) is 4.68. The lowest BCUT2D eigenvalue weighted by Crippen LogP contribution is -2.35. The van der Waals surface area contributed by atoms with Gasteiger partial charge >= 0.3 is 0 Å². The first-order chi connectivity index (χ1) is 11.5. The van der Waals surface area contributed by atoms with Crippen molar-refractivity contribution >= 4 is 17.6 Å². The predicted octanol–water partition coefficient (Wildman–Crippen LogP) is 3.00. The molecule has 0 unspecified atom stereocenters. The van der Waals surface area contributed by atoms with Gasteiger partial charge in [0.25, 0.3) is 5.91 Å². The summed E-state index contributed by atoms with van der Waals surface area (Å²) < 4.78 is 1.80. The van der Waals surface area contributed by atoms with Crippen molar-refractivity contribution in [2.24, 2.45) is 0 Å². The van der Waals surface area contributed by atoms with Gasteiger partial charge in [0.05, 0.1) is 12.2 Å². The number of hydrogen-bond acceptors (Lipinski definition) is 3. The SMILES string of the molecule is CC[C@H](C)n1nccc1NC(=O)C[C@@H](C)NC(=O)c1ccccc1. The molecule has 6 heteroatoms. The average Bonchev–Trinajstić information content (AvgIpc) is 3.02. The molecule has 2 N–H and O–H groups in total. The van der Waals surface area contributed by atoms with E-state index >= 15 is 0 Å². The van der Waals surface area contributed by atoms with Gasteiger partial charge in [0.1, 0.15) is 5.82 Å². The van der Waals surface area contributed by atoms with E-state index in [1.165, 1.54) is 0 Å². The van der Waals surface area contributed by atoms with Crippen LogP contribution in [0.3, 0.4) is 0 Å². The number of carbonyl (C=O) groups is 2. The Kier molecular flexibility index (Phi) is 6.12. The number of benzene rings is 1. The Bertz CT molecular complexity index is 681. The summed E-state index contributed by atoms with van der Waals surface area (Å²) in [6.45, 7) is 5.93. The van der Waals surface area contributed by atoms with Gasteiger partial charge in [-0.15, -0.1) is 0 Å². The number of nitrogens with zero attached hydrogens (tertiary/aromatic N) is 2. The number of nitrogens with one attached hydrogen (secondary N) is 2. The van der Waals surface area contributed by atoms with Crippen LogP contribution in [0.25, 0.3) is 0 Å². The summed E-state index contributed by atoms with van der Waals surface area (Å²) in [7, 11) is 0. The molecule has 0 aliphatic carbocycles. The first-order valence-corrected chi connectivity index (χ1v) is 8.20. The van der Waals surface area contributed by atoms with Crippen molar-refractivity contribution in [2.75, 3.05) is 5.32 Å². The highest BCUT2D eigenvalue weighted by Gasteiger charge is 2.15. The molecule has 0 radical (unpaired) electrons. The lowest BCUT2D eigenvalue weighted by atomic mass is 10.1. The van der Waals surface area contributed by atoms with Crippen LogP contribution < -0.4 is 10.6 Å². The van der Waals surface area contributed by atoms with Gasteiger partial charge < -0.3 is 10.6 Å². The van der Waals surface area contributed by atoms with Gasteiger partial charge in [0.15, 0.2) is 0 Å². The van der Waals surface area contributed by atoms with Gasteiger partial charge in [-0.25, -0.2) is 4.68 Å². The second kappa shape index (κ2) is 8.29. The minimum Gasteiger partial charge on any atom is -0.349 e. The number of carbonyl (C=O) groups excluding carboxylic acids is 2. The van der Waals surface area contributed by atoms with Gasteiger partial charge in [0, 0.05) is 24.1 Å². The topological polar surface area (TPSA) is 76.0 Å². The van der Waals surface area contributed by atoms with E-state index in [2.05, 4.69) is 22.7 Å². The van der Waals surface area contributed by atoms with E-state index in [0.717, 1.165) is 6.42 Å². The monoisotopic (exact) mass is 328 g/mol. The Morgan fingerprint density at radius 2 is 1.88 bits per heavy atom. The maximum Gasteiger partial charge on any atom is 0.251 e. The Balaban J connectivity index is 1.88. The quantitative estimate of drug-likeness (QED) is 0.820. The van der Waals surface area contributed by atoms with Crippen LogP contribution in [0.2, 0.25) is 0 Å². The van der Waals surface area contributed by atoms with E-state index in [1.807, 2.05) is 32.0 Å². The number of aromatic nitrogens is 2. The van der Waals surface area contributed by atoms with Crippen molar-refractivity contribution in [2.45, 2.75) is 45.7 Å². The molecule has 0 saturated carbocycles. The van der Waals surface area contributed by atoms with Crippen molar-refractivity contribution in [1.29, 1.82) is 0 Å². The van der Waals surface area contributed by atoms with Gasteiger partial charge in [-0.2, -0.15) is 5.10 Å². The Morgan fingerprint density at radius 3 is 2.54 bits per heavy atom. The predicted molar refractivity (Wildman–Crippen MR) is 93.8 cm³/mol. The Hall–Kier alpha value is -2.63. The zero-order valence-corrected chi connectivity index (χ0v) is 14.3. The fourth-order valence-electron chi connectivity index (χ4n) is 2.36. The molecule has 1 aromatic carbocycles. The zero-order chi connectivity index (χ0) is 17.5. The first kappa shape index (κ1) is 17.7. The molecule has 6 nitrogen and oxygen atoms in total. The lowest BCUT2D eigenvalue weighted by Gasteiger charge is -2.16. The molecule has 2 rings (SSSR count). The number of rotatable bonds is 7. The Labute approximate surface area is 142 Å². The highest BCUT2D eigenvalue weighted by atomic mass is 16.2. The molecule has 2 amide bonds. The van der Waals surface area contributed by atoms with Crippen LogP contribution in [0.15, 0.2) is 42.6 Å². The van der Waals surface area contributed by atoms with Crippen LogP contribution in [0, 0.1) is 0 Å². The van der Waals surface area contributed by atoms with Gasteiger partial charge in [-0.3, -0.25) is 9.59 Å². The van der Waals surface area contributed by atoms with E-state index in [-0.39, 0.29) is 30.3 Å². The fourth-order valence-corrected chi connectivity index (χ4v) is 2.36. The van der Waals surface area contributed by atoms with Crippen molar-refractivity contribution in [3.8, 4) is 0 Å². The zero-order valence-electron chi connectivity index (χ0n) is 14.3. The van der Waals surface area contributed by atoms with Crippen LogP contribution in [0.5, 0.6) is 0 Å². The van der Waals surface area contributed by atoms with E-state index in [1.54, 1.807) is 29.1 Å². The van der Waals surface area contributed by atoms with Crippen molar-refractivity contribution in [1.82, 2.24) is 15.1 Å². The smallest absolute Gasteiger partial charge is 0.251 e. The summed E-state index contributed by atoms with van der Waals surface area (Å²) >= 11 is 0. The van der Waals surface area contributed by atoms with E-state index in [9.17, 15) is 9.59 Å². The summed E-state index contributed by atoms with van der Waals surface area (Å²) in [5.74, 6) is 0.345. The summed E-state index contributed by atoms with van der Waals surface area (Å²) in [4.78, 5) is 24.3. The molecule has 0 aliphatic heterocycles. The highest BCUT2D eigenvalue weighted by molar-refractivity contribution is 5.95. The number of hydrogen-bond donors (Lipinski definition) is 2. The van der Waals surface area contributed by atoms with Crippen molar-refractivity contribution in [3.63, 3.8) is 0 Å². The van der Waals surface area contributed by atoms with Crippen LogP contribution in [-0.4, -0.2) is 27.6 Å². The third-order valence-electron chi connectivity index (χ3n) is 3.85. The second-order valence-electron chi connectivity index (χ2n) is 5.91. The molecule has 128 valence electrons. The first-order valence-electron chi connectivity index (χ1n) is 8.20. The van der Waals surface area contributed by atoms with Crippen LogP contribution in [0.1, 0.15) is 50.0 Å². The molecule has 0 fully saturated rings. The minimum atomic E-state index is -0.266. The van der Waals surface area contributed by atoms with Gasteiger partial charge in [0.2, 0.25) is 5.91 Å². The molecule has 0 aliphatic rings. The summed E-state index contributed by atoms with van der Waals surface area (Å²) in [5, 5.41) is 9.93. The molecule has 1 heterocycles. The molecular formula is C18H24N4O2. The van der Waals surface area contributed by atoms with Crippen LogP contribution in [0.4, 0.5) is 5.82 Å². The molecular weight excluding hydrogens is 304 g/mol. The standard InChI is InChI=1S/C18H24N4O2/c1-4-14(3)22-16(10-11-19-22)21-17(23)12-13(2)20-18(24)15-8-6-5-7-9-15/h5-11,13-14H,4,12H2,1-3H3,(H,20,24)(H,21,23)/t13-,14+/m1/s1. The fraction of sp³-hybridized carbons (Fsp3) is 0.389. The largest absolute Gasteiger partial charge is 0.349 e. The number of anilines is 1. The van der Waals surface area contributed by atoms with E-state index in [4.69, 9.17) is 0 Å². The van der Waals surface area contributed by atoms with Crippen molar-refractivity contribution in [3.05, 3.63) is 48.2 Å². The van der Waals surface area contributed by atoms with E-state index in [0.29, 0.717) is 11.4 Å². The Morgan fingerprint density at radius 1 is 1.17 bits per heavy atom. The summed E-state index contributed by atoms with van der Waals surface area (Å²) in [5.41, 5.74) is 0.583. The molecule has 2 atom stereocenters. The lowest BCUT2D eigenvalue weighted by molar-refractivity contribution is -0.116. The van der Waals surface area contributed by atoms with Crippen LogP contribution >= 0.6 is 0 Å². The second-order valence-corrected chi connectivity index (χ2v) is 5.91. The average molecular weight is 328 g/mol. The third-order valence-corrected chi connectivity index (χ3v) is 3.85. The molecule has 0 spiro atoms. The normalized spacial score (nSPS) is 13.1. The van der Waals surface area contributed by atoms with Crippen LogP contribution in [-0.2, 0) is 4.79 Å². The maximum atomic E-state index is 12.2.